The van der Waals surface area contributed by atoms with Gasteiger partial charge in [-0.3, -0.25) is 0 Å². The summed E-state index contributed by atoms with van der Waals surface area (Å²) in [5, 5.41) is 1.12. The van der Waals surface area contributed by atoms with Crippen molar-refractivity contribution in [2.45, 2.75) is 25.8 Å². The molecule has 1 aliphatic heterocycles. The third kappa shape index (κ3) is 2.16. The number of aromatic nitrogens is 2. The Labute approximate surface area is 113 Å². The van der Waals surface area contributed by atoms with Crippen LogP contribution in [0.1, 0.15) is 19.8 Å². The molecule has 4 nitrogen and oxygen atoms in total. The lowest BCUT2D eigenvalue weighted by molar-refractivity contribution is 0.348. The first kappa shape index (κ1) is 12.4. The Hall–Kier alpha value is -1.68. The highest BCUT2D eigenvalue weighted by Gasteiger charge is 2.29. The van der Waals surface area contributed by atoms with Gasteiger partial charge < -0.3 is 10.6 Å². The first-order valence-electron chi connectivity index (χ1n) is 6.97. The van der Waals surface area contributed by atoms with Crippen molar-refractivity contribution in [2.75, 3.05) is 18.0 Å². The van der Waals surface area contributed by atoms with Crippen LogP contribution in [-0.4, -0.2) is 29.1 Å². The molecule has 0 spiro atoms. The van der Waals surface area contributed by atoms with Gasteiger partial charge in [0, 0.05) is 24.5 Å². The van der Waals surface area contributed by atoms with Gasteiger partial charge >= 0.3 is 0 Å². The lowest BCUT2D eigenvalue weighted by Crippen LogP contribution is -2.49. The molecule has 2 N–H and O–H groups in total. The average Bonchev–Trinajstić information content (AvgIpc) is 2.46. The van der Waals surface area contributed by atoms with Gasteiger partial charge in [-0.15, -0.1) is 0 Å². The molecule has 2 heterocycles. The Morgan fingerprint density at radius 3 is 3.00 bits per heavy atom. The summed E-state index contributed by atoms with van der Waals surface area (Å²) in [7, 11) is 0. The molecule has 1 aromatic heterocycles. The summed E-state index contributed by atoms with van der Waals surface area (Å²) < 4.78 is 0. The number of nitrogens with zero attached hydrogens (tertiary/aromatic N) is 3. The van der Waals surface area contributed by atoms with Crippen LogP contribution in [0.3, 0.4) is 0 Å². The molecule has 0 bridgehead atoms. The zero-order chi connectivity index (χ0) is 13.2. The highest BCUT2D eigenvalue weighted by molar-refractivity contribution is 5.89. The zero-order valence-electron chi connectivity index (χ0n) is 11.3. The molecule has 3 rings (SSSR count). The number of nitrogens with two attached hydrogens (primary N) is 1. The maximum Gasteiger partial charge on any atom is 0.140 e. The zero-order valence-corrected chi connectivity index (χ0v) is 11.3. The van der Waals surface area contributed by atoms with Crippen LogP contribution in [0.5, 0.6) is 0 Å². The third-order valence-electron chi connectivity index (χ3n) is 4.15. The molecule has 0 saturated carbocycles. The van der Waals surface area contributed by atoms with Crippen LogP contribution in [-0.2, 0) is 0 Å². The molecule has 2 aromatic rings. The van der Waals surface area contributed by atoms with Gasteiger partial charge in [-0.2, -0.15) is 0 Å². The predicted octanol–water partition coefficient (Wildman–Crippen LogP) is 2.19. The SMILES string of the molecule is CC1CCCN(c2ncnc3ccccc23)C1CN. The molecule has 100 valence electrons. The van der Waals surface area contributed by atoms with Crippen molar-refractivity contribution >= 4 is 16.7 Å². The van der Waals surface area contributed by atoms with Crippen molar-refractivity contribution in [3.8, 4) is 0 Å². The summed E-state index contributed by atoms with van der Waals surface area (Å²) in [6.45, 7) is 4.00. The van der Waals surface area contributed by atoms with Gasteiger partial charge in [-0.25, -0.2) is 9.97 Å². The maximum atomic E-state index is 5.98. The van der Waals surface area contributed by atoms with E-state index >= 15 is 0 Å². The van der Waals surface area contributed by atoms with Crippen LogP contribution in [0.25, 0.3) is 10.9 Å². The molecule has 0 radical (unpaired) electrons. The normalized spacial score (nSPS) is 23.8. The van der Waals surface area contributed by atoms with Crippen LogP contribution < -0.4 is 10.6 Å². The fraction of sp³-hybridized carbons (Fsp3) is 0.467. The standard InChI is InChI=1S/C15H20N4/c1-11-5-4-8-19(14(11)9-16)15-12-6-2-3-7-13(12)17-10-18-15/h2-3,6-7,10-11,14H,4-5,8-9,16H2,1H3. The Bertz CT molecular complexity index is 564. The van der Waals surface area contributed by atoms with Crippen LogP contribution in [0.4, 0.5) is 5.82 Å². The lowest BCUT2D eigenvalue weighted by Gasteiger charge is -2.40. The minimum Gasteiger partial charge on any atom is -0.351 e. The Balaban J connectivity index is 2.07. The molecule has 1 aromatic carbocycles. The third-order valence-corrected chi connectivity index (χ3v) is 4.15. The lowest BCUT2D eigenvalue weighted by atomic mass is 9.90. The number of rotatable bonds is 2. The average molecular weight is 256 g/mol. The fourth-order valence-electron chi connectivity index (χ4n) is 3.09. The first-order chi connectivity index (χ1) is 9.31. The summed E-state index contributed by atoms with van der Waals surface area (Å²) in [5.41, 5.74) is 6.98. The van der Waals surface area contributed by atoms with E-state index in [1.165, 1.54) is 12.8 Å². The number of benzene rings is 1. The van der Waals surface area contributed by atoms with E-state index in [4.69, 9.17) is 5.73 Å². The molecular formula is C15H20N4. The van der Waals surface area contributed by atoms with E-state index in [0.717, 1.165) is 23.3 Å². The summed E-state index contributed by atoms with van der Waals surface area (Å²) >= 11 is 0. The van der Waals surface area contributed by atoms with Crippen molar-refractivity contribution in [2.24, 2.45) is 11.7 Å². The van der Waals surface area contributed by atoms with E-state index in [-0.39, 0.29) is 0 Å². The molecule has 19 heavy (non-hydrogen) atoms. The fourth-order valence-corrected chi connectivity index (χ4v) is 3.09. The van der Waals surface area contributed by atoms with Gasteiger partial charge in [0.15, 0.2) is 0 Å². The van der Waals surface area contributed by atoms with E-state index in [1.807, 2.05) is 18.2 Å². The second-order valence-electron chi connectivity index (χ2n) is 5.33. The van der Waals surface area contributed by atoms with E-state index in [0.29, 0.717) is 18.5 Å². The van der Waals surface area contributed by atoms with E-state index in [2.05, 4.69) is 27.9 Å². The smallest absolute Gasteiger partial charge is 0.140 e. The van der Waals surface area contributed by atoms with Crippen LogP contribution in [0, 0.1) is 5.92 Å². The Morgan fingerprint density at radius 1 is 1.32 bits per heavy atom. The van der Waals surface area contributed by atoms with Crippen molar-refractivity contribution in [1.29, 1.82) is 0 Å². The van der Waals surface area contributed by atoms with Crippen LogP contribution >= 0.6 is 0 Å². The minimum atomic E-state index is 0.382. The number of hydrogen-bond donors (Lipinski definition) is 1. The predicted molar refractivity (Wildman–Crippen MR) is 78.1 cm³/mol. The summed E-state index contributed by atoms with van der Waals surface area (Å²) in [6, 6.07) is 8.56. The van der Waals surface area contributed by atoms with Crippen molar-refractivity contribution in [1.82, 2.24) is 9.97 Å². The van der Waals surface area contributed by atoms with Crippen molar-refractivity contribution < 1.29 is 0 Å². The van der Waals surface area contributed by atoms with Gasteiger partial charge in [0.25, 0.3) is 0 Å². The van der Waals surface area contributed by atoms with Gasteiger partial charge in [0.1, 0.15) is 12.1 Å². The number of para-hydroxylation sites is 1. The molecule has 4 heteroatoms. The van der Waals surface area contributed by atoms with Gasteiger partial charge in [0.2, 0.25) is 0 Å². The molecular weight excluding hydrogens is 236 g/mol. The quantitative estimate of drug-likeness (QED) is 0.895. The molecule has 1 fully saturated rings. The van der Waals surface area contributed by atoms with Gasteiger partial charge in [0.05, 0.1) is 5.52 Å². The molecule has 2 atom stereocenters. The summed E-state index contributed by atoms with van der Waals surface area (Å²) in [6.07, 6.45) is 4.11. The van der Waals surface area contributed by atoms with Gasteiger partial charge in [-0.1, -0.05) is 19.1 Å². The molecule has 2 unspecified atom stereocenters. The number of fused-ring (bicyclic) bond motifs is 1. The number of anilines is 1. The second kappa shape index (κ2) is 5.13. The van der Waals surface area contributed by atoms with Crippen LogP contribution in [0.15, 0.2) is 30.6 Å². The Kier molecular flexibility index (Phi) is 3.34. The molecule has 1 aliphatic rings. The molecule has 0 amide bonds. The van der Waals surface area contributed by atoms with Crippen molar-refractivity contribution in [3.63, 3.8) is 0 Å². The van der Waals surface area contributed by atoms with E-state index < -0.39 is 0 Å². The Morgan fingerprint density at radius 2 is 2.16 bits per heavy atom. The molecule has 1 saturated heterocycles. The topological polar surface area (TPSA) is 55.0 Å². The number of piperidine rings is 1. The van der Waals surface area contributed by atoms with Gasteiger partial charge in [-0.05, 0) is 30.9 Å². The largest absolute Gasteiger partial charge is 0.351 e. The van der Waals surface area contributed by atoms with Crippen LogP contribution in [0.2, 0.25) is 0 Å². The monoisotopic (exact) mass is 256 g/mol. The summed E-state index contributed by atoms with van der Waals surface area (Å²) in [4.78, 5) is 11.2. The number of hydrogen-bond acceptors (Lipinski definition) is 4. The highest BCUT2D eigenvalue weighted by atomic mass is 15.2. The highest BCUT2D eigenvalue weighted by Crippen LogP contribution is 2.30. The second-order valence-corrected chi connectivity index (χ2v) is 5.33. The summed E-state index contributed by atoms with van der Waals surface area (Å²) in [5.74, 6) is 1.65. The maximum absolute atomic E-state index is 5.98. The first-order valence-corrected chi connectivity index (χ1v) is 6.97. The minimum absolute atomic E-state index is 0.382. The molecule has 0 aliphatic carbocycles. The van der Waals surface area contributed by atoms with Crippen molar-refractivity contribution in [3.05, 3.63) is 30.6 Å². The van der Waals surface area contributed by atoms with E-state index in [9.17, 15) is 0 Å². The van der Waals surface area contributed by atoms with E-state index in [1.54, 1.807) is 6.33 Å².